The van der Waals surface area contributed by atoms with Gasteiger partial charge >= 0.3 is 6.36 Å². The summed E-state index contributed by atoms with van der Waals surface area (Å²) in [5.41, 5.74) is 2.65. The zero-order valence-corrected chi connectivity index (χ0v) is 15.9. The SMILES string of the molecule is CCn1c(Cn2ccnc2-c2cccc(OC(F)(F)F)c2)nc2cc(C#N)ccc21. The molecule has 0 N–H and O–H groups in total. The number of aromatic nitrogens is 4. The maximum Gasteiger partial charge on any atom is 0.573 e. The average Bonchev–Trinajstić information content (AvgIpc) is 3.30. The first kappa shape index (κ1) is 19.5. The van der Waals surface area contributed by atoms with E-state index in [1.807, 2.05) is 22.1 Å². The number of aryl methyl sites for hydroxylation is 1. The van der Waals surface area contributed by atoms with Gasteiger partial charge in [-0.15, -0.1) is 13.2 Å². The Morgan fingerprint density at radius 3 is 2.73 bits per heavy atom. The van der Waals surface area contributed by atoms with Crippen LogP contribution < -0.4 is 4.74 Å². The van der Waals surface area contributed by atoms with Crippen LogP contribution in [0.3, 0.4) is 0 Å². The Kier molecular flexibility index (Phi) is 4.91. The third-order valence-electron chi connectivity index (χ3n) is 4.63. The fourth-order valence-electron chi connectivity index (χ4n) is 3.40. The van der Waals surface area contributed by atoms with E-state index >= 15 is 0 Å². The van der Waals surface area contributed by atoms with Crippen LogP contribution >= 0.6 is 0 Å². The summed E-state index contributed by atoms with van der Waals surface area (Å²) in [5.74, 6) is 0.943. The van der Waals surface area contributed by atoms with E-state index in [1.165, 1.54) is 18.2 Å². The summed E-state index contributed by atoms with van der Waals surface area (Å²) in [6, 6.07) is 13.1. The number of fused-ring (bicyclic) bond motifs is 1. The first-order valence-electron chi connectivity index (χ1n) is 9.14. The zero-order valence-electron chi connectivity index (χ0n) is 15.9. The summed E-state index contributed by atoms with van der Waals surface area (Å²) < 4.78 is 45.5. The molecule has 4 rings (SSSR count). The van der Waals surface area contributed by atoms with Crippen molar-refractivity contribution in [3.63, 3.8) is 0 Å². The van der Waals surface area contributed by atoms with E-state index < -0.39 is 6.36 Å². The van der Waals surface area contributed by atoms with Gasteiger partial charge in [0.1, 0.15) is 17.4 Å². The van der Waals surface area contributed by atoms with Gasteiger partial charge < -0.3 is 13.9 Å². The Hall–Kier alpha value is -3.80. The van der Waals surface area contributed by atoms with Gasteiger partial charge in [-0.3, -0.25) is 0 Å². The Bertz CT molecular complexity index is 1250. The lowest BCUT2D eigenvalue weighted by Crippen LogP contribution is -2.17. The molecule has 0 atom stereocenters. The number of nitriles is 1. The van der Waals surface area contributed by atoms with Crippen molar-refractivity contribution in [2.24, 2.45) is 0 Å². The van der Waals surface area contributed by atoms with Crippen LogP contribution in [0.2, 0.25) is 0 Å². The monoisotopic (exact) mass is 411 g/mol. The molecule has 0 aliphatic rings. The first-order chi connectivity index (χ1) is 14.4. The number of imidazole rings is 2. The highest BCUT2D eigenvalue weighted by Crippen LogP contribution is 2.28. The van der Waals surface area contributed by atoms with Crippen LogP contribution in [0, 0.1) is 11.3 Å². The maximum atomic E-state index is 12.5. The minimum absolute atomic E-state index is 0.306. The molecule has 6 nitrogen and oxygen atoms in total. The Labute approximate surface area is 169 Å². The quantitative estimate of drug-likeness (QED) is 0.476. The molecule has 30 heavy (non-hydrogen) atoms. The van der Waals surface area contributed by atoms with Crippen LogP contribution in [-0.4, -0.2) is 25.5 Å². The average molecular weight is 411 g/mol. The summed E-state index contributed by atoms with van der Waals surface area (Å²) >= 11 is 0. The molecule has 0 aliphatic heterocycles. The van der Waals surface area contributed by atoms with Gasteiger partial charge in [-0.05, 0) is 37.3 Å². The second-order valence-corrected chi connectivity index (χ2v) is 6.54. The third kappa shape index (κ3) is 3.85. The molecule has 0 aliphatic carbocycles. The molecule has 4 aromatic rings. The lowest BCUT2D eigenvalue weighted by atomic mass is 10.2. The fraction of sp³-hybridized carbons (Fsp3) is 0.190. The minimum atomic E-state index is -4.76. The van der Waals surface area contributed by atoms with E-state index in [4.69, 9.17) is 5.26 Å². The van der Waals surface area contributed by atoms with Crippen LogP contribution in [0.4, 0.5) is 13.2 Å². The number of hydrogen-bond donors (Lipinski definition) is 0. The molecule has 2 aromatic heterocycles. The van der Waals surface area contributed by atoms with Crippen LogP contribution in [0.15, 0.2) is 54.9 Å². The topological polar surface area (TPSA) is 68.7 Å². The molecular formula is C21H16F3N5O. The van der Waals surface area contributed by atoms with Gasteiger partial charge in [0.2, 0.25) is 0 Å². The Balaban J connectivity index is 1.70. The number of rotatable bonds is 5. The molecule has 0 radical (unpaired) electrons. The van der Waals surface area contributed by atoms with Gasteiger partial charge in [-0.1, -0.05) is 12.1 Å². The van der Waals surface area contributed by atoms with Crippen molar-refractivity contribution in [3.8, 4) is 23.2 Å². The van der Waals surface area contributed by atoms with Crippen molar-refractivity contribution in [2.45, 2.75) is 26.4 Å². The first-order valence-corrected chi connectivity index (χ1v) is 9.14. The molecule has 0 bridgehead atoms. The highest BCUT2D eigenvalue weighted by Gasteiger charge is 2.31. The van der Waals surface area contributed by atoms with E-state index in [0.717, 1.165) is 11.3 Å². The lowest BCUT2D eigenvalue weighted by Gasteiger charge is -2.12. The normalized spacial score (nSPS) is 11.6. The molecular weight excluding hydrogens is 395 g/mol. The number of hydrogen-bond acceptors (Lipinski definition) is 4. The highest BCUT2D eigenvalue weighted by atomic mass is 19.4. The summed E-state index contributed by atoms with van der Waals surface area (Å²) in [5, 5.41) is 9.12. The largest absolute Gasteiger partial charge is 0.573 e. The Morgan fingerprint density at radius 2 is 2.00 bits per heavy atom. The van der Waals surface area contributed by atoms with Crippen molar-refractivity contribution in [1.29, 1.82) is 5.26 Å². The van der Waals surface area contributed by atoms with Gasteiger partial charge in [0.05, 0.1) is 29.2 Å². The number of ether oxygens (including phenoxy) is 1. The van der Waals surface area contributed by atoms with Crippen molar-refractivity contribution < 1.29 is 17.9 Å². The number of halogens is 3. The van der Waals surface area contributed by atoms with E-state index in [2.05, 4.69) is 20.8 Å². The minimum Gasteiger partial charge on any atom is -0.406 e. The summed E-state index contributed by atoms with van der Waals surface area (Å²) in [6.07, 6.45) is -1.44. The molecule has 0 unspecified atom stereocenters. The molecule has 0 spiro atoms. The smallest absolute Gasteiger partial charge is 0.406 e. The van der Waals surface area contributed by atoms with Crippen molar-refractivity contribution in [3.05, 3.63) is 66.2 Å². The van der Waals surface area contributed by atoms with E-state index in [1.54, 1.807) is 30.6 Å². The molecule has 2 heterocycles. The molecule has 9 heteroatoms. The Morgan fingerprint density at radius 1 is 1.17 bits per heavy atom. The van der Waals surface area contributed by atoms with Crippen molar-refractivity contribution in [2.75, 3.05) is 0 Å². The predicted molar refractivity (Wildman–Crippen MR) is 104 cm³/mol. The summed E-state index contributed by atoms with van der Waals surface area (Å²) in [4.78, 5) is 8.96. The van der Waals surface area contributed by atoms with Gasteiger partial charge in [-0.2, -0.15) is 5.26 Å². The molecule has 0 saturated carbocycles. The fourth-order valence-corrected chi connectivity index (χ4v) is 3.40. The van der Waals surface area contributed by atoms with Gasteiger partial charge in [0.25, 0.3) is 0 Å². The number of benzene rings is 2. The second-order valence-electron chi connectivity index (χ2n) is 6.54. The van der Waals surface area contributed by atoms with E-state index in [9.17, 15) is 13.2 Å². The zero-order chi connectivity index (χ0) is 21.3. The van der Waals surface area contributed by atoms with E-state index in [-0.39, 0.29) is 5.75 Å². The van der Waals surface area contributed by atoms with Gasteiger partial charge in [-0.25, -0.2) is 9.97 Å². The molecule has 0 amide bonds. The molecule has 152 valence electrons. The van der Waals surface area contributed by atoms with Crippen LogP contribution in [-0.2, 0) is 13.1 Å². The maximum absolute atomic E-state index is 12.5. The number of alkyl halides is 3. The van der Waals surface area contributed by atoms with Crippen LogP contribution in [0.5, 0.6) is 5.75 Å². The van der Waals surface area contributed by atoms with Crippen LogP contribution in [0.1, 0.15) is 18.3 Å². The van der Waals surface area contributed by atoms with E-state index in [0.29, 0.717) is 35.6 Å². The summed E-state index contributed by atoms with van der Waals surface area (Å²) in [6.45, 7) is 3.04. The second kappa shape index (κ2) is 7.55. The van der Waals surface area contributed by atoms with Gasteiger partial charge in [0, 0.05) is 24.5 Å². The molecule has 0 saturated heterocycles. The third-order valence-corrected chi connectivity index (χ3v) is 4.63. The molecule has 2 aromatic carbocycles. The molecule has 0 fully saturated rings. The standard InChI is InChI=1S/C21H16F3N5O/c1-2-29-18-7-6-14(12-25)10-17(18)27-19(29)13-28-9-8-26-20(28)15-4-3-5-16(11-15)30-21(22,23)24/h3-11H,2,13H2,1H3. The predicted octanol–water partition coefficient (Wildman–Crippen LogP) is 4.74. The van der Waals surface area contributed by atoms with Crippen molar-refractivity contribution >= 4 is 11.0 Å². The highest BCUT2D eigenvalue weighted by molar-refractivity contribution is 5.77. The lowest BCUT2D eigenvalue weighted by molar-refractivity contribution is -0.274. The van der Waals surface area contributed by atoms with Gasteiger partial charge in [0.15, 0.2) is 0 Å². The van der Waals surface area contributed by atoms with Crippen LogP contribution in [0.25, 0.3) is 22.4 Å². The summed E-state index contributed by atoms with van der Waals surface area (Å²) in [7, 11) is 0. The van der Waals surface area contributed by atoms with Crippen molar-refractivity contribution in [1.82, 2.24) is 19.1 Å². The number of nitrogens with zero attached hydrogens (tertiary/aromatic N) is 5.